The van der Waals surface area contributed by atoms with Gasteiger partial charge in [-0.3, -0.25) is 0 Å². The Morgan fingerprint density at radius 2 is 0.940 bits per heavy atom. The highest BCUT2D eigenvalue weighted by Gasteiger charge is 2.20. The van der Waals surface area contributed by atoms with Crippen molar-refractivity contribution in [3.8, 4) is 62.1 Å². The van der Waals surface area contributed by atoms with Gasteiger partial charge in [0.25, 0.3) is 0 Å². The maximum Gasteiger partial charge on any atom is 0.164 e. The van der Waals surface area contributed by atoms with Crippen LogP contribution in [0.2, 0.25) is 0 Å². The van der Waals surface area contributed by atoms with Crippen LogP contribution in [0.4, 0.5) is 0 Å². The zero-order chi connectivity index (χ0) is 44.0. The van der Waals surface area contributed by atoms with E-state index in [0.717, 1.165) is 60.9 Å². The van der Waals surface area contributed by atoms with Crippen molar-refractivity contribution >= 4 is 86.0 Å². The maximum atomic E-state index is 6.24. The van der Waals surface area contributed by atoms with Crippen molar-refractivity contribution in [2.45, 2.75) is 0 Å². The molecule has 10 aromatic carbocycles. The summed E-state index contributed by atoms with van der Waals surface area (Å²) in [5.41, 5.74) is 12.4. The van der Waals surface area contributed by atoms with Crippen LogP contribution in [0.3, 0.4) is 0 Å². The fourth-order valence-electron chi connectivity index (χ4n) is 10.1. The number of fused-ring (bicyclic) bond motifs is 11. The number of aromatic nitrogens is 4. The van der Waals surface area contributed by atoms with E-state index < -0.39 is 0 Å². The first-order chi connectivity index (χ1) is 33.2. The number of rotatable bonds is 6. The van der Waals surface area contributed by atoms with Gasteiger partial charge in [-0.25, -0.2) is 15.0 Å². The quantitative estimate of drug-likeness (QED) is 0.167. The number of hydrogen-bond donors (Lipinski definition) is 0. The van der Waals surface area contributed by atoms with Crippen molar-refractivity contribution in [1.29, 1.82) is 0 Å². The first-order valence-electron chi connectivity index (χ1n) is 22.5. The lowest BCUT2D eigenvalue weighted by atomic mass is 9.96. The van der Waals surface area contributed by atoms with E-state index in [-0.39, 0.29) is 0 Å². The van der Waals surface area contributed by atoms with Crippen LogP contribution in [0.5, 0.6) is 0 Å². The van der Waals surface area contributed by atoms with Gasteiger partial charge in [0, 0.05) is 53.7 Å². The third-order valence-electron chi connectivity index (χ3n) is 13.2. The molecule has 0 spiro atoms. The topological polar surface area (TPSA) is 56.7 Å². The lowest BCUT2D eigenvalue weighted by molar-refractivity contribution is 0.669. The van der Waals surface area contributed by atoms with E-state index in [0.29, 0.717) is 17.5 Å². The molecule has 0 amide bonds. The standard InChI is InChI=1S/C61H36N4OS/c1-3-14-37(15-4-1)42-32-43(38-16-5-2-6-17-38)34-44(33-42)61-63-59(40-28-31-55-50(35-40)46-20-10-12-25-54(46)66-55)62-60(64-61)41-26-29-47-48-22-13-24-53(58(48)67-56(47)36-41)65-51-23-11-9-21-49(51)57-45-19-8-7-18-39(45)27-30-52(57)65/h1-36H. The summed E-state index contributed by atoms with van der Waals surface area (Å²) in [4.78, 5) is 15.9. The van der Waals surface area contributed by atoms with E-state index in [1.54, 1.807) is 0 Å². The zero-order valence-corrected chi connectivity index (χ0v) is 36.7. The molecule has 0 radical (unpaired) electrons. The minimum absolute atomic E-state index is 0.594. The normalized spacial score (nSPS) is 11.9. The molecule has 0 unspecified atom stereocenters. The molecule has 0 N–H and O–H groups in total. The predicted octanol–water partition coefficient (Wildman–Crippen LogP) is 16.7. The molecular formula is C61H36N4OS. The summed E-state index contributed by atoms with van der Waals surface area (Å²) in [5, 5.41) is 9.54. The Morgan fingerprint density at radius 3 is 1.72 bits per heavy atom. The number of thiophene rings is 1. The van der Waals surface area contributed by atoms with Gasteiger partial charge in [-0.1, -0.05) is 152 Å². The van der Waals surface area contributed by atoms with Crippen LogP contribution >= 0.6 is 11.3 Å². The van der Waals surface area contributed by atoms with Crippen LogP contribution in [0, 0.1) is 0 Å². The van der Waals surface area contributed by atoms with Crippen molar-refractivity contribution in [3.63, 3.8) is 0 Å². The van der Waals surface area contributed by atoms with Gasteiger partial charge < -0.3 is 8.98 Å². The summed E-state index contributed by atoms with van der Waals surface area (Å²) in [6.07, 6.45) is 0. The first kappa shape index (κ1) is 37.6. The molecule has 14 aromatic rings. The maximum absolute atomic E-state index is 6.24. The van der Waals surface area contributed by atoms with Crippen molar-refractivity contribution in [2.24, 2.45) is 0 Å². The molecule has 14 rings (SSSR count). The van der Waals surface area contributed by atoms with Gasteiger partial charge in [-0.05, 0) is 99.8 Å². The molecule has 0 bridgehead atoms. The Kier molecular flexibility index (Phi) is 8.38. The van der Waals surface area contributed by atoms with E-state index in [1.165, 1.54) is 58.4 Å². The molecule has 0 atom stereocenters. The summed E-state index contributed by atoms with van der Waals surface area (Å²) >= 11 is 1.82. The average Bonchev–Trinajstić information content (AvgIpc) is 4.08. The number of para-hydroxylation sites is 2. The largest absolute Gasteiger partial charge is 0.456 e. The molecule has 0 saturated heterocycles. The van der Waals surface area contributed by atoms with Gasteiger partial charge in [-0.15, -0.1) is 11.3 Å². The lowest BCUT2D eigenvalue weighted by Gasteiger charge is -2.12. The Morgan fingerprint density at radius 1 is 0.343 bits per heavy atom. The second-order valence-electron chi connectivity index (χ2n) is 17.1. The van der Waals surface area contributed by atoms with Crippen LogP contribution in [0.1, 0.15) is 0 Å². The van der Waals surface area contributed by atoms with Gasteiger partial charge in [0.1, 0.15) is 11.2 Å². The van der Waals surface area contributed by atoms with Crippen LogP contribution in [0.15, 0.2) is 223 Å². The van der Waals surface area contributed by atoms with Crippen molar-refractivity contribution in [2.75, 3.05) is 0 Å². The number of nitrogens with zero attached hydrogens (tertiary/aromatic N) is 4. The van der Waals surface area contributed by atoms with E-state index in [4.69, 9.17) is 19.4 Å². The minimum atomic E-state index is 0.594. The van der Waals surface area contributed by atoms with Gasteiger partial charge >= 0.3 is 0 Å². The van der Waals surface area contributed by atoms with E-state index in [9.17, 15) is 0 Å². The van der Waals surface area contributed by atoms with Gasteiger partial charge in [-0.2, -0.15) is 0 Å². The van der Waals surface area contributed by atoms with E-state index in [2.05, 4.69) is 199 Å². The van der Waals surface area contributed by atoms with Crippen molar-refractivity contribution < 1.29 is 4.42 Å². The molecule has 67 heavy (non-hydrogen) atoms. The summed E-state index contributed by atoms with van der Waals surface area (Å²) in [5.74, 6) is 1.80. The second kappa shape index (κ2) is 14.9. The van der Waals surface area contributed by atoms with E-state index in [1.807, 2.05) is 35.6 Å². The molecule has 0 aliphatic rings. The highest BCUT2D eigenvalue weighted by Crippen LogP contribution is 2.44. The van der Waals surface area contributed by atoms with Gasteiger partial charge in [0.05, 0.1) is 21.4 Å². The summed E-state index contributed by atoms with van der Waals surface area (Å²) in [6.45, 7) is 0. The zero-order valence-electron chi connectivity index (χ0n) is 35.9. The molecule has 4 heterocycles. The molecule has 312 valence electrons. The number of benzene rings is 10. The predicted molar refractivity (Wildman–Crippen MR) is 279 cm³/mol. The molecular weight excluding hydrogens is 837 g/mol. The second-order valence-corrected chi connectivity index (χ2v) is 18.2. The highest BCUT2D eigenvalue weighted by molar-refractivity contribution is 7.26. The summed E-state index contributed by atoms with van der Waals surface area (Å²) in [7, 11) is 0. The van der Waals surface area contributed by atoms with Gasteiger partial charge in [0.2, 0.25) is 0 Å². The van der Waals surface area contributed by atoms with Crippen molar-refractivity contribution in [1.82, 2.24) is 19.5 Å². The van der Waals surface area contributed by atoms with Crippen molar-refractivity contribution in [3.05, 3.63) is 218 Å². The molecule has 0 aliphatic heterocycles. The molecule has 4 aromatic heterocycles. The fourth-order valence-corrected chi connectivity index (χ4v) is 11.3. The smallest absolute Gasteiger partial charge is 0.164 e. The molecule has 6 heteroatoms. The Bertz CT molecular complexity index is 4220. The Hall–Kier alpha value is -8.71. The number of furan rings is 1. The minimum Gasteiger partial charge on any atom is -0.456 e. The van der Waals surface area contributed by atoms with E-state index >= 15 is 0 Å². The highest BCUT2D eigenvalue weighted by atomic mass is 32.1. The van der Waals surface area contributed by atoms with Crippen LogP contribution in [-0.4, -0.2) is 19.5 Å². The van der Waals surface area contributed by atoms with Gasteiger partial charge in [0.15, 0.2) is 17.5 Å². The molecule has 0 saturated carbocycles. The van der Waals surface area contributed by atoms with Crippen LogP contribution < -0.4 is 0 Å². The summed E-state index contributed by atoms with van der Waals surface area (Å²) in [6, 6.07) is 77.4. The Balaban J connectivity index is 0.973. The monoisotopic (exact) mass is 872 g/mol. The molecule has 0 aliphatic carbocycles. The first-order valence-corrected chi connectivity index (χ1v) is 23.3. The van der Waals surface area contributed by atoms with Crippen LogP contribution in [-0.2, 0) is 0 Å². The Labute approximate surface area is 388 Å². The fraction of sp³-hybridized carbons (Fsp3) is 0. The number of hydrogen-bond acceptors (Lipinski definition) is 5. The average molecular weight is 873 g/mol. The third kappa shape index (κ3) is 6.11. The third-order valence-corrected chi connectivity index (χ3v) is 14.4. The van der Waals surface area contributed by atoms with Crippen LogP contribution in [0.25, 0.3) is 137 Å². The molecule has 0 fully saturated rings. The SMILES string of the molecule is c1ccc(-c2cc(-c3ccccc3)cc(-c3nc(-c4ccc5c(c4)sc4c(-n6c7ccccc7c7c8ccccc8ccc76)cccc45)nc(-c4ccc5oc6ccccc6c5c4)n3)c2)cc1. The lowest BCUT2D eigenvalue weighted by Crippen LogP contribution is -2.00. The summed E-state index contributed by atoms with van der Waals surface area (Å²) < 4.78 is 11.1. The molecule has 5 nitrogen and oxygen atoms in total.